The van der Waals surface area contributed by atoms with Crippen LogP contribution in [0.15, 0.2) is 97.2 Å². The summed E-state index contributed by atoms with van der Waals surface area (Å²) >= 11 is 0. The minimum atomic E-state index is -1.39. The molecule has 9 nitrogen and oxygen atoms in total. The van der Waals surface area contributed by atoms with Crippen LogP contribution in [0, 0.1) is 0 Å². The number of ether oxygens (including phenoxy) is 1. The van der Waals surface area contributed by atoms with Crippen LogP contribution in [0.25, 0.3) is 0 Å². The third kappa shape index (κ3) is 42.5. The molecule has 0 aliphatic carbocycles. The largest absolute Gasteiger partial charge is 0.480 e. The summed E-state index contributed by atoms with van der Waals surface area (Å²) in [5.41, 5.74) is 0. The first-order chi connectivity index (χ1) is 30.3. The van der Waals surface area contributed by atoms with Crippen molar-refractivity contribution in [1.82, 2.24) is 10.6 Å². The summed E-state index contributed by atoms with van der Waals surface area (Å²) in [6, 6.07) is -1.39. The third-order valence-electron chi connectivity index (χ3n) is 10.1. The number of unbranched alkanes of at least 4 members (excludes halogenated alkanes) is 14. The number of amides is 2. The maximum absolute atomic E-state index is 12.8. The molecular weight excluding hydrogens is 777 g/mol. The van der Waals surface area contributed by atoms with Crippen molar-refractivity contribution in [2.75, 3.05) is 13.2 Å². The van der Waals surface area contributed by atoms with Gasteiger partial charge in [0.1, 0.15) is 12.1 Å². The molecule has 0 fully saturated rings. The zero-order valence-corrected chi connectivity index (χ0v) is 38.8. The normalized spacial score (nSPS) is 13.3. The van der Waals surface area contributed by atoms with E-state index in [0.29, 0.717) is 12.8 Å². The highest BCUT2D eigenvalue weighted by molar-refractivity contribution is 5.87. The molecule has 0 rings (SSSR count). The smallest absolute Gasteiger partial charge is 0.328 e. The minimum absolute atomic E-state index is 0.128. The average molecular weight is 863 g/mol. The summed E-state index contributed by atoms with van der Waals surface area (Å²) < 4.78 is 5.93. The Hall–Kier alpha value is -4.24. The Bertz CT molecular complexity index is 1360. The summed E-state index contributed by atoms with van der Waals surface area (Å²) in [6.45, 7) is 3.23. The molecule has 0 radical (unpaired) electrons. The van der Waals surface area contributed by atoms with Gasteiger partial charge in [-0.05, 0) is 96.0 Å². The van der Waals surface area contributed by atoms with Gasteiger partial charge in [-0.25, -0.2) is 4.79 Å². The molecule has 0 spiro atoms. The number of carbonyl (C=O) groups excluding carboxylic acids is 3. The van der Waals surface area contributed by atoms with E-state index in [1.54, 1.807) is 0 Å². The molecule has 0 saturated carbocycles. The monoisotopic (exact) mass is 863 g/mol. The molecule has 0 aromatic heterocycles. The minimum Gasteiger partial charge on any atom is -0.480 e. The van der Waals surface area contributed by atoms with Crippen LogP contribution >= 0.6 is 0 Å². The van der Waals surface area contributed by atoms with Gasteiger partial charge in [0.15, 0.2) is 0 Å². The number of hydrogen-bond acceptors (Lipinski definition) is 6. The SMILES string of the molecule is CC/C=C\C/C=C\C/C=C\C/C=C\CCCCCCCCCCCCC(=O)OC(/C=C\C/C=C\C/C=C\C/C=C\CC)CCCCCCCC(=O)NCC(=O)NC(CO)C(=O)O. The van der Waals surface area contributed by atoms with Gasteiger partial charge in [0.2, 0.25) is 11.8 Å². The van der Waals surface area contributed by atoms with Gasteiger partial charge in [0.05, 0.1) is 13.2 Å². The fraction of sp³-hybridized carbons (Fsp3) is 0.623. The van der Waals surface area contributed by atoms with Gasteiger partial charge in [-0.2, -0.15) is 0 Å². The zero-order chi connectivity index (χ0) is 45.4. The summed E-state index contributed by atoms with van der Waals surface area (Å²) in [5, 5.41) is 22.6. The van der Waals surface area contributed by atoms with Crippen LogP contribution in [-0.4, -0.2) is 59.3 Å². The molecule has 0 bridgehead atoms. The number of carboxylic acid groups (broad SMARTS) is 1. The van der Waals surface area contributed by atoms with Gasteiger partial charge >= 0.3 is 11.9 Å². The number of rotatable bonds is 42. The van der Waals surface area contributed by atoms with Crippen LogP contribution in [0.4, 0.5) is 0 Å². The van der Waals surface area contributed by atoms with Gasteiger partial charge in [0.25, 0.3) is 0 Å². The highest BCUT2D eigenvalue weighted by Gasteiger charge is 2.18. The number of nitrogens with one attached hydrogen (secondary N) is 2. The molecule has 2 unspecified atom stereocenters. The highest BCUT2D eigenvalue weighted by atomic mass is 16.5. The lowest BCUT2D eigenvalue weighted by atomic mass is 10.0. The van der Waals surface area contributed by atoms with Gasteiger partial charge in [0, 0.05) is 12.8 Å². The molecule has 0 aromatic carbocycles. The number of aliphatic carboxylic acids is 1. The Morgan fingerprint density at radius 2 is 0.919 bits per heavy atom. The van der Waals surface area contributed by atoms with E-state index in [1.165, 1.54) is 51.4 Å². The first-order valence-corrected chi connectivity index (χ1v) is 24.1. The summed E-state index contributed by atoms with van der Waals surface area (Å²) in [4.78, 5) is 47.7. The van der Waals surface area contributed by atoms with Crippen molar-refractivity contribution in [2.45, 2.75) is 199 Å². The van der Waals surface area contributed by atoms with E-state index in [0.717, 1.165) is 103 Å². The summed E-state index contributed by atoms with van der Waals surface area (Å²) in [6.07, 6.45) is 61.8. The Morgan fingerprint density at radius 1 is 0.500 bits per heavy atom. The molecule has 4 N–H and O–H groups in total. The lowest BCUT2D eigenvalue weighted by molar-refractivity contribution is -0.147. The van der Waals surface area contributed by atoms with Crippen molar-refractivity contribution in [3.05, 3.63) is 97.2 Å². The van der Waals surface area contributed by atoms with Crippen molar-refractivity contribution in [1.29, 1.82) is 0 Å². The number of aliphatic hydroxyl groups is 1. The number of allylic oxidation sites excluding steroid dienone is 15. The third-order valence-corrected chi connectivity index (χ3v) is 10.1. The van der Waals surface area contributed by atoms with Crippen LogP contribution in [-0.2, 0) is 23.9 Å². The van der Waals surface area contributed by atoms with Gasteiger partial charge < -0.3 is 25.6 Å². The number of aliphatic hydroxyl groups excluding tert-OH is 1. The van der Waals surface area contributed by atoms with Crippen LogP contribution in [0.5, 0.6) is 0 Å². The standard InChI is InChI=1S/C53H86N2O7/c1-3-5-7-9-11-13-15-16-17-18-19-20-21-22-23-24-25-26-28-30-32-37-41-45-52(59)62-48(42-38-34-31-29-27-14-12-10-8-6-4-2)43-39-35-33-36-40-44-50(57)54-46-51(58)55-49(47-56)53(60)61/h5-8,11-14,16-17,19-20,29,31,38,42,48-49,56H,3-4,9-10,15,18,21-28,30,32-37,39-41,43-47H2,1-2H3,(H,54,57)(H,55,58)(H,60,61)/b7-5-,8-6-,13-11-,14-12-,17-16-,20-19-,31-29-,42-38-. The van der Waals surface area contributed by atoms with E-state index in [-0.39, 0.29) is 30.9 Å². The van der Waals surface area contributed by atoms with Gasteiger partial charge in [-0.1, -0.05) is 176 Å². The topological polar surface area (TPSA) is 142 Å². The summed E-state index contributed by atoms with van der Waals surface area (Å²) in [5.74, 6) is -2.41. The van der Waals surface area contributed by atoms with Crippen molar-refractivity contribution >= 4 is 23.8 Å². The fourth-order valence-corrected chi connectivity index (χ4v) is 6.44. The maximum Gasteiger partial charge on any atom is 0.328 e. The first-order valence-electron chi connectivity index (χ1n) is 24.1. The molecular formula is C53H86N2O7. The van der Waals surface area contributed by atoms with E-state index in [4.69, 9.17) is 14.9 Å². The fourth-order valence-electron chi connectivity index (χ4n) is 6.44. The first kappa shape index (κ1) is 57.8. The molecule has 2 amide bonds. The Balaban J connectivity index is 4.31. The van der Waals surface area contributed by atoms with Crippen LogP contribution in [0.2, 0.25) is 0 Å². The number of carbonyl (C=O) groups is 4. The molecule has 0 heterocycles. The molecule has 0 aliphatic rings. The molecule has 350 valence electrons. The predicted molar refractivity (Wildman–Crippen MR) is 259 cm³/mol. The second-order valence-electron chi connectivity index (χ2n) is 15.8. The second kappa shape index (κ2) is 46.3. The maximum atomic E-state index is 12.8. The highest BCUT2D eigenvalue weighted by Crippen LogP contribution is 2.16. The Labute approximate surface area is 377 Å². The number of hydrogen-bond donors (Lipinski definition) is 4. The van der Waals surface area contributed by atoms with Crippen LogP contribution in [0.1, 0.15) is 187 Å². The number of carboxylic acids is 1. The lowest BCUT2D eigenvalue weighted by Crippen LogP contribution is -2.47. The van der Waals surface area contributed by atoms with Crippen molar-refractivity contribution in [3.8, 4) is 0 Å². The summed E-state index contributed by atoms with van der Waals surface area (Å²) in [7, 11) is 0. The van der Waals surface area contributed by atoms with E-state index in [1.807, 2.05) is 6.08 Å². The molecule has 0 aromatic rings. The van der Waals surface area contributed by atoms with E-state index >= 15 is 0 Å². The van der Waals surface area contributed by atoms with Gasteiger partial charge in [-0.15, -0.1) is 0 Å². The van der Waals surface area contributed by atoms with Crippen molar-refractivity contribution < 1.29 is 34.1 Å². The molecule has 2 atom stereocenters. The Kier molecular flexibility index (Phi) is 43.1. The molecule has 9 heteroatoms. The predicted octanol–water partition coefficient (Wildman–Crippen LogP) is 12.6. The van der Waals surface area contributed by atoms with Crippen molar-refractivity contribution in [3.63, 3.8) is 0 Å². The average Bonchev–Trinajstić information content (AvgIpc) is 3.26. The molecule has 62 heavy (non-hydrogen) atoms. The molecule has 0 aliphatic heterocycles. The van der Waals surface area contributed by atoms with Crippen molar-refractivity contribution in [2.24, 2.45) is 0 Å². The van der Waals surface area contributed by atoms with E-state index in [9.17, 15) is 19.2 Å². The zero-order valence-electron chi connectivity index (χ0n) is 38.8. The quantitative estimate of drug-likeness (QED) is 0.0272. The van der Waals surface area contributed by atoms with E-state index < -0.39 is 24.5 Å². The second-order valence-corrected chi connectivity index (χ2v) is 15.8. The number of esters is 1. The van der Waals surface area contributed by atoms with E-state index in [2.05, 4.69) is 116 Å². The van der Waals surface area contributed by atoms with Crippen LogP contribution in [0.3, 0.4) is 0 Å². The van der Waals surface area contributed by atoms with Gasteiger partial charge in [-0.3, -0.25) is 14.4 Å². The lowest BCUT2D eigenvalue weighted by Gasteiger charge is -2.15. The Morgan fingerprint density at radius 3 is 1.40 bits per heavy atom. The van der Waals surface area contributed by atoms with Crippen LogP contribution < -0.4 is 10.6 Å². The molecule has 0 saturated heterocycles.